The summed E-state index contributed by atoms with van der Waals surface area (Å²) >= 11 is 0. The van der Waals surface area contributed by atoms with E-state index in [4.69, 9.17) is 4.74 Å². The highest BCUT2D eigenvalue weighted by molar-refractivity contribution is 5.94. The van der Waals surface area contributed by atoms with Crippen molar-refractivity contribution in [1.82, 2.24) is 9.80 Å². The number of nitrogens with zero attached hydrogens (tertiary/aromatic N) is 2. The number of benzene rings is 2. The van der Waals surface area contributed by atoms with Gasteiger partial charge in [-0.3, -0.25) is 9.59 Å². The van der Waals surface area contributed by atoms with E-state index in [-0.39, 0.29) is 41.1 Å². The third kappa shape index (κ3) is 4.94. The number of hydrogen-bond acceptors (Lipinski definition) is 5. The average molecular weight is 477 g/mol. The fraction of sp³-hybridized carbons (Fsp3) is 0.517. The van der Waals surface area contributed by atoms with Crippen molar-refractivity contribution in [3.63, 3.8) is 0 Å². The summed E-state index contributed by atoms with van der Waals surface area (Å²) in [6, 6.07) is 16.8. The number of rotatable bonds is 6. The van der Waals surface area contributed by atoms with Crippen LogP contribution < -0.4 is 0 Å². The highest BCUT2D eigenvalue weighted by Gasteiger charge is 2.54. The van der Waals surface area contributed by atoms with Crippen LogP contribution in [0, 0.1) is 11.8 Å². The molecule has 4 atom stereocenters. The molecule has 6 nitrogen and oxygen atoms in total. The summed E-state index contributed by atoms with van der Waals surface area (Å²) in [5.74, 6) is 0.846. The highest BCUT2D eigenvalue weighted by atomic mass is 16.5. The van der Waals surface area contributed by atoms with Gasteiger partial charge in [0, 0.05) is 56.4 Å². The molecule has 1 N–H and O–H groups in total. The van der Waals surface area contributed by atoms with Crippen LogP contribution in [0.25, 0.3) is 0 Å². The van der Waals surface area contributed by atoms with Gasteiger partial charge in [-0.1, -0.05) is 30.3 Å². The lowest BCUT2D eigenvalue weighted by atomic mass is 9.56. The van der Waals surface area contributed by atoms with Crippen molar-refractivity contribution < 1.29 is 19.4 Å². The molecule has 2 aromatic rings. The molecule has 6 heteroatoms. The zero-order chi connectivity index (χ0) is 24.6. The fourth-order valence-corrected chi connectivity index (χ4v) is 6.46. The minimum Gasteiger partial charge on any atom is -0.508 e. The summed E-state index contributed by atoms with van der Waals surface area (Å²) in [5.41, 5.74) is 1.45. The monoisotopic (exact) mass is 476 g/mol. The van der Waals surface area contributed by atoms with E-state index in [0.717, 1.165) is 44.0 Å². The van der Waals surface area contributed by atoms with Crippen molar-refractivity contribution in [2.75, 3.05) is 26.7 Å². The number of carbonyl (C=O) groups excluding carboxylic acids is 2. The Labute approximate surface area is 207 Å². The number of piperidine rings is 1. The number of fused-ring (bicyclic) bond motifs is 1. The summed E-state index contributed by atoms with van der Waals surface area (Å²) < 4.78 is 6.01. The molecule has 1 aliphatic heterocycles. The van der Waals surface area contributed by atoms with Crippen LogP contribution in [0.3, 0.4) is 0 Å². The number of amides is 1. The Bertz CT molecular complexity index is 1070. The quantitative estimate of drug-likeness (QED) is 0.632. The number of phenols is 1. The maximum atomic E-state index is 13.4. The normalized spacial score (nSPS) is 28.7. The first-order chi connectivity index (χ1) is 16.9. The molecule has 1 saturated heterocycles. The molecule has 2 aromatic carbocycles. The molecule has 0 spiro atoms. The van der Waals surface area contributed by atoms with Gasteiger partial charge in [0.25, 0.3) is 5.91 Å². The zero-order valence-electron chi connectivity index (χ0n) is 20.7. The second-order valence-electron chi connectivity index (χ2n) is 10.8. The predicted octanol–water partition coefficient (Wildman–Crippen LogP) is 4.23. The lowest BCUT2D eigenvalue weighted by Crippen LogP contribution is -2.62. The average Bonchev–Trinajstić information content (AvgIpc) is 3.67. The molecule has 1 heterocycles. The molecule has 1 amide bonds. The van der Waals surface area contributed by atoms with Gasteiger partial charge in [-0.15, -0.1) is 0 Å². The lowest BCUT2D eigenvalue weighted by Gasteiger charge is -2.56. The summed E-state index contributed by atoms with van der Waals surface area (Å²) in [6.07, 6.45) is 4.64. The van der Waals surface area contributed by atoms with Gasteiger partial charge in [0.2, 0.25) is 0 Å². The predicted molar refractivity (Wildman–Crippen MR) is 134 cm³/mol. The lowest BCUT2D eigenvalue weighted by molar-refractivity contribution is -0.158. The van der Waals surface area contributed by atoms with E-state index in [2.05, 4.69) is 11.0 Å². The number of hydrogen-bond donors (Lipinski definition) is 1. The topological polar surface area (TPSA) is 70.1 Å². The van der Waals surface area contributed by atoms with E-state index in [1.807, 2.05) is 54.4 Å². The second kappa shape index (κ2) is 9.65. The van der Waals surface area contributed by atoms with Crippen molar-refractivity contribution in [3.8, 4) is 5.75 Å². The number of ether oxygens (including phenoxy) is 1. The van der Waals surface area contributed by atoms with E-state index in [9.17, 15) is 14.7 Å². The molecule has 186 valence electrons. The van der Waals surface area contributed by atoms with E-state index < -0.39 is 0 Å². The molecule has 0 radical (unpaired) electrons. The maximum absolute atomic E-state index is 13.4. The number of likely N-dealkylation sites (tertiary alicyclic amines) is 1. The van der Waals surface area contributed by atoms with E-state index in [1.54, 1.807) is 6.07 Å². The number of esters is 1. The smallest absolute Gasteiger partial charge is 0.302 e. The first kappa shape index (κ1) is 23.9. The fourth-order valence-electron chi connectivity index (χ4n) is 6.46. The molecule has 2 aliphatic carbocycles. The first-order valence-corrected chi connectivity index (χ1v) is 12.9. The first-order valence-electron chi connectivity index (χ1n) is 12.9. The molecule has 1 unspecified atom stereocenters. The van der Waals surface area contributed by atoms with Crippen LogP contribution in [-0.4, -0.2) is 65.6 Å². The minimum absolute atomic E-state index is 0.0205. The van der Waals surface area contributed by atoms with E-state index in [1.165, 1.54) is 19.8 Å². The van der Waals surface area contributed by atoms with Gasteiger partial charge in [-0.25, -0.2) is 0 Å². The molecule has 0 bridgehead atoms. The van der Waals surface area contributed by atoms with Crippen LogP contribution in [0.5, 0.6) is 5.75 Å². The third-order valence-electron chi connectivity index (χ3n) is 8.43. The molecular weight excluding hydrogens is 440 g/mol. The van der Waals surface area contributed by atoms with Gasteiger partial charge >= 0.3 is 5.97 Å². The summed E-state index contributed by atoms with van der Waals surface area (Å²) in [5, 5.41) is 10.4. The number of aromatic hydroxyl groups is 1. The minimum atomic E-state index is -0.290. The van der Waals surface area contributed by atoms with Gasteiger partial charge in [0.1, 0.15) is 11.9 Å². The largest absolute Gasteiger partial charge is 0.508 e. The SMILES string of the molecule is CC(=O)OC1C[C@H](N(C)C(=O)c2ccccc2)C[C@]2(c3cccc(O)c3)CCN(CC3CC3)C[C@@H]12. The molecular formula is C29H36N2O4. The summed E-state index contributed by atoms with van der Waals surface area (Å²) in [7, 11) is 1.86. The molecule has 0 aromatic heterocycles. The maximum Gasteiger partial charge on any atom is 0.302 e. The van der Waals surface area contributed by atoms with E-state index in [0.29, 0.717) is 12.0 Å². The Kier molecular flexibility index (Phi) is 6.58. The second-order valence-corrected chi connectivity index (χ2v) is 10.8. The van der Waals surface area contributed by atoms with Crippen LogP contribution in [0.2, 0.25) is 0 Å². The van der Waals surface area contributed by atoms with Crippen molar-refractivity contribution >= 4 is 11.9 Å². The standard InChI is InChI=1S/C29H36N2O4/c1-20(32)35-27-16-24(30(2)28(34)22-7-4-3-5-8-22)17-29(23-9-6-10-25(33)15-23)13-14-31(19-26(27)29)18-21-11-12-21/h3-10,15,21,24,26-27,33H,11-14,16-19H2,1-2H3/t24-,26-,27?,29-/m0/s1. The summed E-state index contributed by atoms with van der Waals surface area (Å²) in [4.78, 5) is 30.0. The Hall–Kier alpha value is -2.86. The number of carbonyl (C=O) groups is 2. The molecule has 2 saturated carbocycles. The molecule has 5 rings (SSSR count). The molecule has 3 fully saturated rings. The Morgan fingerprint density at radius 3 is 2.60 bits per heavy atom. The zero-order valence-corrected chi connectivity index (χ0v) is 20.7. The summed E-state index contributed by atoms with van der Waals surface area (Å²) in [6.45, 7) is 4.42. The van der Waals surface area contributed by atoms with Crippen LogP contribution in [-0.2, 0) is 14.9 Å². The molecule has 3 aliphatic rings. The highest BCUT2D eigenvalue weighted by Crippen LogP contribution is 2.52. The van der Waals surface area contributed by atoms with Crippen molar-refractivity contribution in [2.24, 2.45) is 11.8 Å². The Morgan fingerprint density at radius 1 is 1.14 bits per heavy atom. The van der Waals surface area contributed by atoms with Crippen molar-refractivity contribution in [3.05, 3.63) is 65.7 Å². The molecule has 35 heavy (non-hydrogen) atoms. The van der Waals surface area contributed by atoms with Gasteiger partial charge < -0.3 is 19.6 Å². The van der Waals surface area contributed by atoms with Gasteiger partial charge in [0.15, 0.2) is 0 Å². The van der Waals surface area contributed by atoms with Gasteiger partial charge in [-0.05, 0) is 68.0 Å². The van der Waals surface area contributed by atoms with E-state index >= 15 is 0 Å². The van der Waals surface area contributed by atoms with Gasteiger partial charge in [-0.2, -0.15) is 0 Å². The Balaban J connectivity index is 1.51. The Morgan fingerprint density at radius 2 is 1.91 bits per heavy atom. The van der Waals surface area contributed by atoms with Crippen LogP contribution in [0.15, 0.2) is 54.6 Å². The van der Waals surface area contributed by atoms with Crippen LogP contribution in [0.4, 0.5) is 0 Å². The number of phenolic OH excluding ortho intramolecular Hbond substituents is 1. The van der Waals surface area contributed by atoms with Crippen LogP contribution in [0.1, 0.15) is 54.9 Å². The van der Waals surface area contributed by atoms with Crippen LogP contribution >= 0.6 is 0 Å². The van der Waals surface area contributed by atoms with Crippen molar-refractivity contribution in [2.45, 2.75) is 56.6 Å². The van der Waals surface area contributed by atoms with Crippen molar-refractivity contribution in [1.29, 1.82) is 0 Å². The van der Waals surface area contributed by atoms with Gasteiger partial charge in [0.05, 0.1) is 0 Å². The third-order valence-corrected chi connectivity index (χ3v) is 8.43.